The van der Waals surface area contributed by atoms with Crippen LogP contribution in [0, 0.1) is 0 Å². The summed E-state index contributed by atoms with van der Waals surface area (Å²) in [4.78, 5) is 12.1. The Hall–Kier alpha value is -1.27. The van der Waals surface area contributed by atoms with Crippen molar-refractivity contribution in [2.75, 3.05) is 12.5 Å². The lowest BCUT2D eigenvalue weighted by Crippen LogP contribution is -2.37. The first-order chi connectivity index (χ1) is 11.6. The van der Waals surface area contributed by atoms with Gasteiger partial charge in [-0.15, -0.1) is 0 Å². The molecule has 1 aliphatic carbocycles. The van der Waals surface area contributed by atoms with Crippen molar-refractivity contribution in [1.29, 1.82) is 0 Å². The van der Waals surface area contributed by atoms with Crippen molar-refractivity contribution in [3.05, 3.63) is 22.7 Å². The molecule has 0 radical (unpaired) electrons. The molecular weight excluding hydrogens is 350 g/mol. The lowest BCUT2D eigenvalue weighted by atomic mass is 10.1. The number of halogens is 1. The van der Waals surface area contributed by atoms with Crippen LogP contribution in [0.15, 0.2) is 12.1 Å². The van der Waals surface area contributed by atoms with Gasteiger partial charge in [0.15, 0.2) is 11.5 Å². The Labute approximate surface area is 149 Å². The quantitative estimate of drug-likeness (QED) is 0.807. The van der Waals surface area contributed by atoms with Crippen LogP contribution in [0.1, 0.15) is 44.1 Å². The number of amides is 1. The molecular formula is C17H22ClNO4S. The molecule has 1 heterocycles. The number of hydrogen-bond acceptors (Lipinski definition) is 4. The van der Waals surface area contributed by atoms with Crippen molar-refractivity contribution in [2.45, 2.75) is 50.3 Å². The van der Waals surface area contributed by atoms with E-state index in [1.165, 1.54) is 12.8 Å². The van der Waals surface area contributed by atoms with Gasteiger partial charge in [0.25, 0.3) is 0 Å². The molecule has 1 aliphatic heterocycles. The summed E-state index contributed by atoms with van der Waals surface area (Å²) in [7, 11) is -1.28. The average Bonchev–Trinajstić information content (AvgIpc) is 2.85. The molecule has 0 aromatic heterocycles. The number of fused-ring (bicyclic) bond motifs is 1. The zero-order valence-corrected chi connectivity index (χ0v) is 15.1. The van der Waals surface area contributed by atoms with Gasteiger partial charge in [0.2, 0.25) is 12.7 Å². The second kappa shape index (κ2) is 8.21. The van der Waals surface area contributed by atoms with Crippen LogP contribution in [0.3, 0.4) is 0 Å². The monoisotopic (exact) mass is 371 g/mol. The zero-order chi connectivity index (χ0) is 16.9. The van der Waals surface area contributed by atoms with Gasteiger partial charge in [-0.05, 0) is 30.5 Å². The second-order valence-electron chi connectivity index (χ2n) is 6.30. The topological polar surface area (TPSA) is 64.6 Å². The largest absolute Gasteiger partial charge is 0.454 e. The first kappa shape index (κ1) is 17.5. The highest BCUT2D eigenvalue weighted by atomic mass is 35.5. The number of carbonyl (C=O) groups is 1. The summed E-state index contributed by atoms with van der Waals surface area (Å²) >= 11 is 6.13. The van der Waals surface area contributed by atoms with Crippen LogP contribution in [0.25, 0.3) is 0 Å². The molecule has 1 unspecified atom stereocenters. The molecule has 5 nitrogen and oxygen atoms in total. The van der Waals surface area contributed by atoms with Crippen LogP contribution in [0.4, 0.5) is 0 Å². The van der Waals surface area contributed by atoms with E-state index in [4.69, 9.17) is 21.1 Å². The third kappa shape index (κ3) is 4.63. The fraction of sp³-hybridized carbons (Fsp3) is 0.588. The third-order valence-corrected chi connectivity index (χ3v) is 5.85. The van der Waals surface area contributed by atoms with Crippen molar-refractivity contribution in [2.24, 2.45) is 0 Å². The summed E-state index contributed by atoms with van der Waals surface area (Å²) in [5, 5.41) is 3.47. The van der Waals surface area contributed by atoms with Crippen LogP contribution >= 0.6 is 11.6 Å². The van der Waals surface area contributed by atoms with Crippen LogP contribution in [0.2, 0.25) is 5.02 Å². The normalized spacial score (nSPS) is 18.9. The Morgan fingerprint density at radius 3 is 2.71 bits per heavy atom. The van der Waals surface area contributed by atoms with Gasteiger partial charge in [0.05, 0.1) is 5.02 Å². The Morgan fingerprint density at radius 2 is 1.96 bits per heavy atom. The number of hydrogen-bond donors (Lipinski definition) is 1. The lowest BCUT2D eigenvalue weighted by Gasteiger charge is -2.16. The fourth-order valence-corrected chi connectivity index (χ4v) is 4.48. The van der Waals surface area contributed by atoms with E-state index in [1.54, 1.807) is 12.1 Å². The van der Waals surface area contributed by atoms with Gasteiger partial charge in [0, 0.05) is 22.6 Å². The molecule has 1 aromatic carbocycles. The Kier molecular flexibility index (Phi) is 6.00. The first-order valence-electron chi connectivity index (χ1n) is 8.34. The Morgan fingerprint density at radius 1 is 1.21 bits per heavy atom. The zero-order valence-electron chi connectivity index (χ0n) is 13.5. The summed E-state index contributed by atoms with van der Waals surface area (Å²) in [6.07, 6.45) is 6.84. The SMILES string of the molecule is O=C(CS(=O)Cc1cc(Cl)c2c(c1)OCO2)NC1CCCCCC1. The maximum atomic E-state index is 12.3. The average molecular weight is 372 g/mol. The number of benzene rings is 1. The van der Waals surface area contributed by atoms with E-state index in [1.807, 2.05) is 0 Å². The van der Waals surface area contributed by atoms with Gasteiger partial charge in [-0.2, -0.15) is 0 Å². The number of ether oxygens (including phenoxy) is 2. The molecule has 1 saturated carbocycles. The van der Waals surface area contributed by atoms with Gasteiger partial charge in [-0.3, -0.25) is 9.00 Å². The third-order valence-electron chi connectivity index (χ3n) is 4.33. The molecule has 0 bridgehead atoms. The molecule has 7 heteroatoms. The molecule has 132 valence electrons. The van der Waals surface area contributed by atoms with Crippen molar-refractivity contribution in [3.8, 4) is 11.5 Å². The molecule has 1 fully saturated rings. The summed E-state index contributed by atoms with van der Waals surface area (Å²) in [6, 6.07) is 3.72. The molecule has 1 aromatic rings. The van der Waals surface area contributed by atoms with Crippen molar-refractivity contribution < 1.29 is 18.5 Å². The maximum absolute atomic E-state index is 12.3. The molecule has 0 spiro atoms. The first-order valence-corrected chi connectivity index (χ1v) is 10.2. The molecule has 0 saturated heterocycles. The molecule has 3 rings (SSSR count). The molecule has 1 amide bonds. The Balaban J connectivity index is 1.52. The van der Waals surface area contributed by atoms with Gasteiger partial charge in [-0.25, -0.2) is 0 Å². The van der Waals surface area contributed by atoms with E-state index in [0.717, 1.165) is 31.2 Å². The van der Waals surface area contributed by atoms with Crippen LogP contribution < -0.4 is 14.8 Å². The lowest BCUT2D eigenvalue weighted by molar-refractivity contribution is -0.119. The van der Waals surface area contributed by atoms with Gasteiger partial charge in [-0.1, -0.05) is 37.3 Å². The van der Waals surface area contributed by atoms with E-state index in [2.05, 4.69) is 5.32 Å². The summed E-state index contributed by atoms with van der Waals surface area (Å²) in [5.41, 5.74) is 0.782. The Bertz CT molecular complexity index is 629. The minimum absolute atomic E-state index is 0.0164. The van der Waals surface area contributed by atoms with Crippen molar-refractivity contribution >= 4 is 28.3 Å². The van der Waals surface area contributed by atoms with E-state index in [-0.39, 0.29) is 30.2 Å². The molecule has 2 aliphatic rings. The second-order valence-corrected chi connectivity index (χ2v) is 8.16. The highest BCUT2D eigenvalue weighted by Crippen LogP contribution is 2.40. The molecule has 24 heavy (non-hydrogen) atoms. The summed E-state index contributed by atoms with van der Waals surface area (Å²) < 4.78 is 22.8. The van der Waals surface area contributed by atoms with Gasteiger partial charge >= 0.3 is 0 Å². The van der Waals surface area contributed by atoms with Crippen LogP contribution in [0.5, 0.6) is 11.5 Å². The predicted octanol–water partition coefficient (Wildman–Crippen LogP) is 3.16. The fourth-order valence-electron chi connectivity index (χ4n) is 3.18. The van der Waals surface area contributed by atoms with E-state index >= 15 is 0 Å². The maximum Gasteiger partial charge on any atom is 0.232 e. The van der Waals surface area contributed by atoms with E-state index in [0.29, 0.717) is 16.5 Å². The summed E-state index contributed by atoms with van der Waals surface area (Å²) in [6.45, 7) is 0.144. The van der Waals surface area contributed by atoms with Crippen molar-refractivity contribution in [3.63, 3.8) is 0 Å². The van der Waals surface area contributed by atoms with Gasteiger partial charge < -0.3 is 14.8 Å². The summed E-state index contributed by atoms with van der Waals surface area (Å²) in [5.74, 6) is 1.25. The van der Waals surface area contributed by atoms with Crippen LogP contribution in [-0.4, -0.2) is 28.7 Å². The van der Waals surface area contributed by atoms with Crippen molar-refractivity contribution in [1.82, 2.24) is 5.32 Å². The highest BCUT2D eigenvalue weighted by molar-refractivity contribution is 7.84. The van der Waals surface area contributed by atoms with Crippen LogP contribution in [-0.2, 0) is 21.3 Å². The minimum atomic E-state index is -1.28. The number of carbonyl (C=O) groups excluding carboxylic acids is 1. The molecule has 1 N–H and O–H groups in total. The highest BCUT2D eigenvalue weighted by Gasteiger charge is 2.20. The van der Waals surface area contributed by atoms with Gasteiger partial charge in [0.1, 0.15) is 5.75 Å². The number of rotatable bonds is 5. The van der Waals surface area contributed by atoms with E-state index in [9.17, 15) is 9.00 Å². The number of nitrogens with one attached hydrogen (secondary N) is 1. The predicted molar refractivity (Wildman–Crippen MR) is 93.9 cm³/mol. The molecule has 1 atom stereocenters. The van der Waals surface area contributed by atoms with E-state index < -0.39 is 10.8 Å². The minimum Gasteiger partial charge on any atom is -0.454 e. The standard InChI is InChI=1S/C17H22ClNO4S/c18-14-7-12(8-15-17(14)23-11-22-15)9-24(21)10-16(20)19-13-5-3-1-2-4-6-13/h7-8,13H,1-6,9-11H2,(H,19,20). The smallest absolute Gasteiger partial charge is 0.232 e.